The Morgan fingerprint density at radius 1 is 1.00 bits per heavy atom. The Labute approximate surface area is 112 Å². The third-order valence-electron chi connectivity index (χ3n) is 2.40. The van der Waals surface area contributed by atoms with Crippen molar-refractivity contribution in [3.8, 4) is 11.4 Å². The van der Waals surface area contributed by atoms with Crippen molar-refractivity contribution < 1.29 is 5.11 Å². The van der Waals surface area contributed by atoms with E-state index in [0.717, 1.165) is 12.1 Å². The van der Waals surface area contributed by atoms with E-state index in [-0.39, 0.29) is 6.61 Å². The molecule has 0 aliphatic heterocycles. The van der Waals surface area contributed by atoms with Gasteiger partial charge in [-0.05, 0) is 6.92 Å². The van der Waals surface area contributed by atoms with E-state index >= 15 is 0 Å². The van der Waals surface area contributed by atoms with Gasteiger partial charge in [-0.15, -0.1) is 0 Å². The zero-order chi connectivity index (χ0) is 13.5. The van der Waals surface area contributed by atoms with E-state index < -0.39 is 0 Å². The number of anilines is 2. The number of aliphatic hydroxyl groups is 1. The Morgan fingerprint density at radius 3 is 2.32 bits per heavy atom. The summed E-state index contributed by atoms with van der Waals surface area (Å²) in [5.41, 5.74) is 0.927. The van der Waals surface area contributed by atoms with Crippen LogP contribution in [-0.4, -0.2) is 39.8 Å². The highest BCUT2D eigenvalue weighted by Crippen LogP contribution is 2.17. The molecule has 0 amide bonds. The van der Waals surface area contributed by atoms with Crippen LogP contribution >= 0.6 is 0 Å². The van der Waals surface area contributed by atoms with Crippen LogP contribution in [0.1, 0.15) is 6.92 Å². The maximum atomic E-state index is 8.84. The molecule has 6 heteroatoms. The van der Waals surface area contributed by atoms with Gasteiger partial charge in [0, 0.05) is 18.7 Å². The van der Waals surface area contributed by atoms with Gasteiger partial charge in [0.1, 0.15) is 0 Å². The third-order valence-corrected chi connectivity index (χ3v) is 2.40. The molecule has 6 nitrogen and oxygen atoms in total. The minimum atomic E-state index is 0.0306. The molecule has 0 fully saturated rings. The number of nitrogens with zero attached hydrogens (tertiary/aromatic N) is 3. The lowest BCUT2D eigenvalue weighted by Crippen LogP contribution is -2.12. The monoisotopic (exact) mass is 259 g/mol. The number of benzene rings is 1. The van der Waals surface area contributed by atoms with Gasteiger partial charge >= 0.3 is 0 Å². The molecular formula is C13H17N5O. The van der Waals surface area contributed by atoms with Gasteiger partial charge in [0.05, 0.1) is 6.61 Å². The molecule has 19 heavy (non-hydrogen) atoms. The summed E-state index contributed by atoms with van der Waals surface area (Å²) in [6, 6.07) is 9.71. The van der Waals surface area contributed by atoms with E-state index in [2.05, 4.69) is 25.6 Å². The first-order valence-electron chi connectivity index (χ1n) is 6.23. The second kappa shape index (κ2) is 6.65. The average Bonchev–Trinajstić information content (AvgIpc) is 2.46. The standard InChI is InChI=1S/C13H17N5O/c1-2-14-12-16-11(10-6-4-3-5-7-10)17-13(18-12)15-8-9-19/h3-7,19H,2,8-9H2,1H3,(H2,14,15,16,17,18). The van der Waals surface area contributed by atoms with E-state index in [1.54, 1.807) is 0 Å². The van der Waals surface area contributed by atoms with Crippen LogP contribution in [0.4, 0.5) is 11.9 Å². The predicted octanol–water partition coefficient (Wildman–Crippen LogP) is 1.37. The highest BCUT2D eigenvalue weighted by molar-refractivity contribution is 5.57. The molecule has 0 bridgehead atoms. The summed E-state index contributed by atoms with van der Waals surface area (Å²) < 4.78 is 0. The maximum Gasteiger partial charge on any atom is 0.228 e. The Kier molecular flexibility index (Phi) is 4.63. The van der Waals surface area contributed by atoms with Gasteiger partial charge in [0.15, 0.2) is 5.82 Å². The molecule has 1 aromatic heterocycles. The summed E-state index contributed by atoms with van der Waals surface area (Å²) in [7, 11) is 0. The molecule has 0 radical (unpaired) electrons. The smallest absolute Gasteiger partial charge is 0.228 e. The quantitative estimate of drug-likeness (QED) is 0.727. The van der Waals surface area contributed by atoms with Crippen LogP contribution < -0.4 is 10.6 Å². The van der Waals surface area contributed by atoms with Crippen LogP contribution in [0.3, 0.4) is 0 Å². The molecule has 1 aromatic carbocycles. The van der Waals surface area contributed by atoms with Gasteiger partial charge in [0.25, 0.3) is 0 Å². The lowest BCUT2D eigenvalue weighted by atomic mass is 10.2. The molecule has 100 valence electrons. The largest absolute Gasteiger partial charge is 0.395 e. The van der Waals surface area contributed by atoms with Gasteiger partial charge in [-0.1, -0.05) is 30.3 Å². The van der Waals surface area contributed by atoms with Crippen LogP contribution in [0, 0.1) is 0 Å². The predicted molar refractivity (Wildman–Crippen MR) is 75.0 cm³/mol. The summed E-state index contributed by atoms with van der Waals surface area (Å²) in [5.74, 6) is 1.59. The van der Waals surface area contributed by atoms with E-state index in [1.165, 1.54) is 0 Å². The van der Waals surface area contributed by atoms with Crippen molar-refractivity contribution in [1.82, 2.24) is 15.0 Å². The molecule has 0 spiro atoms. The zero-order valence-corrected chi connectivity index (χ0v) is 10.8. The lowest BCUT2D eigenvalue weighted by Gasteiger charge is -2.08. The van der Waals surface area contributed by atoms with Gasteiger partial charge in [-0.25, -0.2) is 0 Å². The summed E-state index contributed by atoms with van der Waals surface area (Å²) in [5, 5.41) is 14.9. The fraction of sp³-hybridized carbons (Fsp3) is 0.308. The number of hydrogen-bond donors (Lipinski definition) is 3. The summed E-state index contributed by atoms with van der Waals surface area (Å²) >= 11 is 0. The van der Waals surface area contributed by atoms with Gasteiger partial charge < -0.3 is 15.7 Å². The van der Waals surface area contributed by atoms with Crippen molar-refractivity contribution in [1.29, 1.82) is 0 Å². The van der Waals surface area contributed by atoms with Crippen molar-refractivity contribution in [3.63, 3.8) is 0 Å². The van der Waals surface area contributed by atoms with Crippen molar-refractivity contribution in [3.05, 3.63) is 30.3 Å². The molecule has 0 saturated carbocycles. The summed E-state index contributed by atoms with van der Waals surface area (Å²) in [6.45, 7) is 3.15. The Bertz CT molecular complexity index is 518. The van der Waals surface area contributed by atoms with Crippen molar-refractivity contribution in [2.45, 2.75) is 6.92 Å². The highest BCUT2D eigenvalue weighted by Gasteiger charge is 2.07. The Hall–Kier alpha value is -2.21. The number of aromatic nitrogens is 3. The highest BCUT2D eigenvalue weighted by atomic mass is 16.3. The Morgan fingerprint density at radius 2 is 1.68 bits per heavy atom. The second-order valence-electron chi connectivity index (χ2n) is 3.85. The molecule has 1 heterocycles. The molecule has 3 N–H and O–H groups in total. The van der Waals surface area contributed by atoms with Gasteiger partial charge in [-0.3, -0.25) is 0 Å². The summed E-state index contributed by atoms with van der Waals surface area (Å²) in [4.78, 5) is 12.9. The average molecular weight is 259 g/mol. The van der Waals surface area contributed by atoms with E-state index in [1.807, 2.05) is 37.3 Å². The normalized spacial score (nSPS) is 10.2. The molecule has 0 saturated heterocycles. The number of aliphatic hydroxyl groups excluding tert-OH is 1. The van der Waals surface area contributed by atoms with Crippen LogP contribution in [0.2, 0.25) is 0 Å². The van der Waals surface area contributed by atoms with Crippen molar-refractivity contribution in [2.75, 3.05) is 30.3 Å². The van der Waals surface area contributed by atoms with Gasteiger partial charge in [0.2, 0.25) is 11.9 Å². The van der Waals surface area contributed by atoms with E-state index in [0.29, 0.717) is 24.3 Å². The first-order valence-corrected chi connectivity index (χ1v) is 6.23. The fourth-order valence-corrected chi connectivity index (χ4v) is 1.58. The maximum absolute atomic E-state index is 8.84. The van der Waals surface area contributed by atoms with Crippen LogP contribution in [-0.2, 0) is 0 Å². The fourth-order valence-electron chi connectivity index (χ4n) is 1.58. The third kappa shape index (κ3) is 3.62. The number of hydrogen-bond acceptors (Lipinski definition) is 6. The molecule has 0 atom stereocenters. The van der Waals surface area contributed by atoms with Crippen LogP contribution in [0.5, 0.6) is 0 Å². The van der Waals surface area contributed by atoms with E-state index in [9.17, 15) is 0 Å². The Balaban J connectivity index is 2.33. The van der Waals surface area contributed by atoms with Gasteiger partial charge in [-0.2, -0.15) is 15.0 Å². The molecule has 0 unspecified atom stereocenters. The first-order chi connectivity index (χ1) is 9.33. The van der Waals surface area contributed by atoms with Crippen molar-refractivity contribution >= 4 is 11.9 Å². The minimum Gasteiger partial charge on any atom is -0.395 e. The summed E-state index contributed by atoms with van der Waals surface area (Å²) in [6.07, 6.45) is 0. The molecule has 2 rings (SSSR count). The van der Waals surface area contributed by atoms with Crippen LogP contribution in [0.15, 0.2) is 30.3 Å². The molecule has 0 aliphatic carbocycles. The lowest BCUT2D eigenvalue weighted by molar-refractivity contribution is 0.311. The zero-order valence-electron chi connectivity index (χ0n) is 10.8. The topological polar surface area (TPSA) is 83.0 Å². The van der Waals surface area contributed by atoms with E-state index in [4.69, 9.17) is 5.11 Å². The first kappa shape index (κ1) is 13.2. The molecule has 0 aliphatic rings. The second-order valence-corrected chi connectivity index (χ2v) is 3.85. The van der Waals surface area contributed by atoms with Crippen molar-refractivity contribution in [2.24, 2.45) is 0 Å². The molecular weight excluding hydrogens is 242 g/mol. The minimum absolute atomic E-state index is 0.0306. The SMILES string of the molecule is CCNc1nc(NCCO)nc(-c2ccccc2)n1. The van der Waals surface area contributed by atoms with Crippen LogP contribution in [0.25, 0.3) is 11.4 Å². The number of rotatable bonds is 6. The molecule has 2 aromatic rings. The number of nitrogens with one attached hydrogen (secondary N) is 2.